The largest absolute Gasteiger partial charge is 0.481 e. The van der Waals surface area contributed by atoms with Crippen LogP contribution in [0.3, 0.4) is 0 Å². The summed E-state index contributed by atoms with van der Waals surface area (Å²) in [7, 11) is 0. The highest BCUT2D eigenvalue weighted by atomic mass is 35.5. The fourth-order valence-electron chi connectivity index (χ4n) is 2.69. The van der Waals surface area contributed by atoms with Gasteiger partial charge in [-0.05, 0) is 48.1 Å². The van der Waals surface area contributed by atoms with Gasteiger partial charge in [-0.25, -0.2) is 0 Å². The summed E-state index contributed by atoms with van der Waals surface area (Å²) in [6, 6.07) is 15.4. The lowest BCUT2D eigenvalue weighted by Gasteiger charge is -2.22. The Labute approximate surface area is 161 Å². The molecule has 0 aliphatic carbocycles. The first kappa shape index (κ1) is 20.3. The zero-order chi connectivity index (χ0) is 19.3. The van der Waals surface area contributed by atoms with Crippen LogP contribution in [0.15, 0.2) is 48.5 Å². The summed E-state index contributed by atoms with van der Waals surface area (Å²) in [6.45, 7) is 10.5. The normalized spacial score (nSPS) is 13.8. The summed E-state index contributed by atoms with van der Waals surface area (Å²) in [5.41, 5.74) is 2.46. The van der Waals surface area contributed by atoms with Gasteiger partial charge in [-0.3, -0.25) is 4.79 Å². The fraction of sp³-hybridized carbons (Fsp3) is 0.409. The SMILES string of the molecule is CC[C@@H](Oc1cccc(Cl)c1)C(=O)N[C@H](C)c1ccc(C(C)(C)C)cc1. The van der Waals surface area contributed by atoms with Crippen LogP contribution in [-0.4, -0.2) is 12.0 Å². The molecule has 1 N–H and O–H groups in total. The molecule has 0 fully saturated rings. The van der Waals surface area contributed by atoms with Crippen LogP contribution >= 0.6 is 11.6 Å². The van der Waals surface area contributed by atoms with Crippen LogP contribution in [0.1, 0.15) is 58.2 Å². The molecule has 0 heterocycles. The van der Waals surface area contributed by atoms with Crippen molar-refractivity contribution in [2.24, 2.45) is 0 Å². The monoisotopic (exact) mass is 373 g/mol. The summed E-state index contributed by atoms with van der Waals surface area (Å²) < 4.78 is 5.81. The zero-order valence-corrected chi connectivity index (χ0v) is 16.9. The molecule has 4 heteroatoms. The maximum absolute atomic E-state index is 12.6. The molecule has 0 unspecified atom stereocenters. The first-order valence-corrected chi connectivity index (χ1v) is 9.41. The number of hydrogen-bond acceptors (Lipinski definition) is 2. The van der Waals surface area contributed by atoms with E-state index >= 15 is 0 Å². The van der Waals surface area contributed by atoms with Crippen LogP contribution < -0.4 is 10.1 Å². The van der Waals surface area contributed by atoms with Crippen LogP contribution in [-0.2, 0) is 10.2 Å². The van der Waals surface area contributed by atoms with Crippen LogP contribution in [0.5, 0.6) is 5.75 Å². The highest BCUT2D eigenvalue weighted by Gasteiger charge is 2.21. The Kier molecular flexibility index (Phi) is 6.71. The van der Waals surface area contributed by atoms with Crippen molar-refractivity contribution in [3.8, 4) is 5.75 Å². The molecule has 1 amide bonds. The molecule has 140 valence electrons. The second kappa shape index (κ2) is 8.59. The smallest absolute Gasteiger partial charge is 0.261 e. The van der Waals surface area contributed by atoms with E-state index in [4.69, 9.17) is 16.3 Å². The highest BCUT2D eigenvalue weighted by Crippen LogP contribution is 2.24. The Hall–Kier alpha value is -2.00. The topological polar surface area (TPSA) is 38.3 Å². The minimum atomic E-state index is -0.551. The molecule has 0 aliphatic heterocycles. The molecule has 0 radical (unpaired) electrons. The van der Waals surface area contributed by atoms with E-state index in [2.05, 4.69) is 50.4 Å². The van der Waals surface area contributed by atoms with Gasteiger partial charge in [0, 0.05) is 5.02 Å². The highest BCUT2D eigenvalue weighted by molar-refractivity contribution is 6.30. The Bertz CT molecular complexity index is 735. The van der Waals surface area contributed by atoms with Gasteiger partial charge in [0.2, 0.25) is 0 Å². The molecule has 0 aromatic heterocycles. The molecule has 0 saturated carbocycles. The Morgan fingerprint density at radius 2 is 1.81 bits per heavy atom. The number of nitrogens with one attached hydrogen (secondary N) is 1. The first-order valence-electron chi connectivity index (χ1n) is 9.03. The summed E-state index contributed by atoms with van der Waals surface area (Å²) >= 11 is 5.98. The van der Waals surface area contributed by atoms with Crippen molar-refractivity contribution in [1.82, 2.24) is 5.32 Å². The van der Waals surface area contributed by atoms with Crippen molar-refractivity contribution in [1.29, 1.82) is 0 Å². The van der Waals surface area contributed by atoms with Gasteiger partial charge in [-0.1, -0.05) is 69.6 Å². The first-order chi connectivity index (χ1) is 12.2. The summed E-state index contributed by atoms with van der Waals surface area (Å²) in [5, 5.41) is 3.63. The molecule has 2 aromatic carbocycles. The summed E-state index contributed by atoms with van der Waals surface area (Å²) in [6.07, 6.45) is 0.0263. The van der Waals surface area contributed by atoms with E-state index in [0.29, 0.717) is 17.2 Å². The predicted molar refractivity (Wildman–Crippen MR) is 108 cm³/mol. The molecule has 2 aromatic rings. The van der Waals surface area contributed by atoms with E-state index in [-0.39, 0.29) is 17.4 Å². The third-order valence-electron chi connectivity index (χ3n) is 4.37. The number of benzene rings is 2. The van der Waals surface area contributed by atoms with Crippen LogP contribution in [0.2, 0.25) is 5.02 Å². The quantitative estimate of drug-likeness (QED) is 0.708. The van der Waals surface area contributed by atoms with E-state index in [1.807, 2.05) is 19.9 Å². The van der Waals surface area contributed by atoms with Crippen LogP contribution in [0, 0.1) is 0 Å². The van der Waals surface area contributed by atoms with Gasteiger partial charge in [-0.15, -0.1) is 0 Å². The molecule has 0 aliphatic rings. The number of amides is 1. The molecule has 0 spiro atoms. The third-order valence-corrected chi connectivity index (χ3v) is 4.61. The van der Waals surface area contributed by atoms with Gasteiger partial charge >= 0.3 is 0 Å². The standard InChI is InChI=1S/C22H28ClNO2/c1-6-20(26-19-9-7-8-18(23)14-19)21(25)24-15(2)16-10-12-17(13-11-16)22(3,4)5/h7-15,20H,6H2,1-5H3,(H,24,25)/t15-,20-/m1/s1. The molecule has 0 saturated heterocycles. The van der Waals surface area contributed by atoms with Crippen molar-refractivity contribution in [2.75, 3.05) is 0 Å². The predicted octanol–water partition coefficient (Wildman–Crippen LogP) is 5.67. The van der Waals surface area contributed by atoms with E-state index < -0.39 is 6.10 Å². The van der Waals surface area contributed by atoms with Gasteiger partial charge < -0.3 is 10.1 Å². The minimum Gasteiger partial charge on any atom is -0.481 e. The van der Waals surface area contributed by atoms with Crippen molar-refractivity contribution in [3.05, 3.63) is 64.7 Å². The van der Waals surface area contributed by atoms with Gasteiger partial charge in [0.15, 0.2) is 6.10 Å². The number of carbonyl (C=O) groups excluding carboxylic acids is 1. The Morgan fingerprint density at radius 3 is 2.35 bits per heavy atom. The van der Waals surface area contributed by atoms with Crippen molar-refractivity contribution >= 4 is 17.5 Å². The Balaban J connectivity index is 2.02. The average Bonchev–Trinajstić information content (AvgIpc) is 2.59. The maximum atomic E-state index is 12.6. The molecular weight excluding hydrogens is 346 g/mol. The fourth-order valence-corrected chi connectivity index (χ4v) is 2.87. The number of halogens is 1. The van der Waals surface area contributed by atoms with Crippen LogP contribution in [0.4, 0.5) is 0 Å². The molecule has 2 rings (SSSR count). The number of carbonyl (C=O) groups is 1. The van der Waals surface area contributed by atoms with Crippen molar-refractivity contribution in [3.63, 3.8) is 0 Å². The van der Waals surface area contributed by atoms with Gasteiger partial charge in [-0.2, -0.15) is 0 Å². The molecule has 2 atom stereocenters. The zero-order valence-electron chi connectivity index (χ0n) is 16.2. The maximum Gasteiger partial charge on any atom is 0.261 e. The lowest BCUT2D eigenvalue weighted by atomic mass is 9.86. The van der Waals surface area contributed by atoms with Gasteiger partial charge in [0.05, 0.1) is 6.04 Å². The lowest BCUT2D eigenvalue weighted by molar-refractivity contribution is -0.128. The second-order valence-corrected chi connectivity index (χ2v) is 8.01. The van der Waals surface area contributed by atoms with E-state index in [1.54, 1.807) is 18.2 Å². The average molecular weight is 374 g/mol. The molecule has 0 bridgehead atoms. The molecular formula is C22H28ClNO2. The number of rotatable bonds is 6. The van der Waals surface area contributed by atoms with E-state index in [9.17, 15) is 4.79 Å². The van der Waals surface area contributed by atoms with E-state index in [0.717, 1.165) is 5.56 Å². The molecule has 26 heavy (non-hydrogen) atoms. The van der Waals surface area contributed by atoms with E-state index in [1.165, 1.54) is 5.56 Å². The summed E-state index contributed by atoms with van der Waals surface area (Å²) in [5.74, 6) is 0.474. The molecule has 3 nitrogen and oxygen atoms in total. The third kappa shape index (κ3) is 5.50. The lowest BCUT2D eigenvalue weighted by Crippen LogP contribution is -2.39. The number of ether oxygens (including phenoxy) is 1. The van der Waals surface area contributed by atoms with Crippen LogP contribution in [0.25, 0.3) is 0 Å². The summed E-state index contributed by atoms with van der Waals surface area (Å²) in [4.78, 5) is 12.6. The van der Waals surface area contributed by atoms with Gasteiger partial charge in [0.1, 0.15) is 5.75 Å². The second-order valence-electron chi connectivity index (χ2n) is 7.57. The van der Waals surface area contributed by atoms with Crippen molar-refractivity contribution < 1.29 is 9.53 Å². The van der Waals surface area contributed by atoms with Crippen molar-refractivity contribution in [2.45, 2.75) is 58.6 Å². The van der Waals surface area contributed by atoms with Gasteiger partial charge in [0.25, 0.3) is 5.91 Å². The minimum absolute atomic E-state index is 0.0893. The number of hydrogen-bond donors (Lipinski definition) is 1. The Morgan fingerprint density at radius 1 is 1.15 bits per heavy atom.